The molecule has 0 fully saturated rings. The van der Waals surface area contributed by atoms with Crippen molar-refractivity contribution in [3.63, 3.8) is 0 Å². The summed E-state index contributed by atoms with van der Waals surface area (Å²) in [7, 11) is -2.14. The second kappa shape index (κ2) is 11.4. The van der Waals surface area contributed by atoms with Gasteiger partial charge in [-0.25, -0.2) is 12.8 Å². The second-order valence-corrected chi connectivity index (χ2v) is 13.6. The molecule has 1 aromatic heterocycles. The summed E-state index contributed by atoms with van der Waals surface area (Å²) in [5.74, 6) is -0.848. The first-order valence-electron chi connectivity index (χ1n) is 14.0. The zero-order chi connectivity index (χ0) is 31.1. The third-order valence-electron chi connectivity index (χ3n) is 7.16. The van der Waals surface area contributed by atoms with E-state index in [1.54, 1.807) is 36.4 Å². The lowest BCUT2D eigenvalue weighted by Gasteiger charge is -2.25. The Hall–Kier alpha value is -4.38. The summed E-state index contributed by atoms with van der Waals surface area (Å²) >= 11 is 0. The highest BCUT2D eigenvalue weighted by molar-refractivity contribution is 7.92. The number of carbonyl (C=O) groups is 2. The van der Waals surface area contributed by atoms with Gasteiger partial charge in [0.2, 0.25) is 10.0 Å². The zero-order valence-electron chi connectivity index (χ0n) is 24.8. The van der Waals surface area contributed by atoms with Gasteiger partial charge in [-0.05, 0) is 87.7 Å². The third kappa shape index (κ3) is 6.36. The molecule has 2 heterocycles. The summed E-state index contributed by atoms with van der Waals surface area (Å²) in [6, 6.07) is 14.4. The molecule has 0 atom stereocenters. The van der Waals surface area contributed by atoms with Gasteiger partial charge in [-0.3, -0.25) is 13.9 Å². The van der Waals surface area contributed by atoms with E-state index in [9.17, 15) is 22.4 Å². The Balaban J connectivity index is 1.80. The number of hydrogen-bond acceptors (Lipinski definition) is 6. The molecule has 2 bridgehead atoms. The molecule has 3 aromatic carbocycles. The number of furan rings is 1. The molecule has 0 spiro atoms. The number of anilines is 2. The second-order valence-electron chi connectivity index (χ2n) is 11.7. The number of nitrogens with one attached hydrogen (secondary N) is 3. The summed E-state index contributed by atoms with van der Waals surface area (Å²) in [6.45, 7) is 6.42. The first-order valence-corrected chi connectivity index (χ1v) is 15.9. The van der Waals surface area contributed by atoms with Crippen LogP contribution in [0.1, 0.15) is 54.3 Å². The van der Waals surface area contributed by atoms with Crippen molar-refractivity contribution in [2.24, 2.45) is 0 Å². The Morgan fingerprint density at radius 2 is 1.70 bits per heavy atom. The minimum absolute atomic E-state index is 0.255. The SMILES string of the molecule is CNC(=O)c1c(-c2ccc(F)cc2)oc2cc3c(cc12)-c1cc(C(=O)NC(C)(C)C)cc(c1)N(S(C)(=O)=O)CCCCN3. The number of carbonyl (C=O) groups excluding carboxylic acids is 2. The van der Waals surface area contributed by atoms with Crippen LogP contribution in [0.4, 0.5) is 15.8 Å². The fourth-order valence-electron chi connectivity index (χ4n) is 5.23. The average molecular weight is 607 g/mol. The Morgan fingerprint density at radius 1 is 0.977 bits per heavy atom. The smallest absolute Gasteiger partial charge is 0.255 e. The van der Waals surface area contributed by atoms with Crippen LogP contribution in [-0.4, -0.2) is 52.2 Å². The molecule has 3 N–H and O–H groups in total. The van der Waals surface area contributed by atoms with Gasteiger partial charge in [-0.15, -0.1) is 0 Å². The fourth-order valence-corrected chi connectivity index (χ4v) is 6.18. The van der Waals surface area contributed by atoms with Crippen molar-refractivity contribution in [2.75, 3.05) is 36.0 Å². The van der Waals surface area contributed by atoms with E-state index in [-0.39, 0.29) is 23.9 Å². The van der Waals surface area contributed by atoms with Crippen molar-refractivity contribution in [2.45, 2.75) is 39.2 Å². The molecule has 1 aliphatic rings. The zero-order valence-corrected chi connectivity index (χ0v) is 25.6. The van der Waals surface area contributed by atoms with Crippen molar-refractivity contribution in [3.05, 3.63) is 71.5 Å². The molecule has 43 heavy (non-hydrogen) atoms. The first-order chi connectivity index (χ1) is 20.2. The van der Waals surface area contributed by atoms with Crippen LogP contribution in [0.25, 0.3) is 33.4 Å². The lowest BCUT2D eigenvalue weighted by molar-refractivity contribution is 0.0918. The van der Waals surface area contributed by atoms with E-state index in [0.29, 0.717) is 69.7 Å². The van der Waals surface area contributed by atoms with Gasteiger partial charge in [0.15, 0.2) is 0 Å². The number of amides is 2. The van der Waals surface area contributed by atoms with Gasteiger partial charge in [-0.1, -0.05) is 0 Å². The van der Waals surface area contributed by atoms with E-state index < -0.39 is 21.4 Å². The van der Waals surface area contributed by atoms with Gasteiger partial charge < -0.3 is 20.4 Å². The highest BCUT2D eigenvalue weighted by Crippen LogP contribution is 2.41. The summed E-state index contributed by atoms with van der Waals surface area (Å²) in [5, 5.41) is 9.59. The molecule has 0 aliphatic carbocycles. The minimum atomic E-state index is -3.66. The van der Waals surface area contributed by atoms with Gasteiger partial charge in [0.25, 0.3) is 11.8 Å². The maximum atomic E-state index is 13.7. The van der Waals surface area contributed by atoms with E-state index >= 15 is 0 Å². The Kier molecular flexibility index (Phi) is 7.95. The Labute approximate surface area is 250 Å². The quantitative estimate of drug-likeness (QED) is 0.272. The van der Waals surface area contributed by atoms with Crippen LogP contribution in [0.15, 0.2) is 59.0 Å². The molecule has 2 amide bonds. The Bertz CT molecular complexity index is 1830. The highest BCUT2D eigenvalue weighted by Gasteiger charge is 2.26. The largest absolute Gasteiger partial charge is 0.455 e. The Morgan fingerprint density at radius 3 is 2.35 bits per heavy atom. The molecule has 4 aromatic rings. The molecule has 226 valence electrons. The van der Waals surface area contributed by atoms with Crippen LogP contribution < -0.4 is 20.3 Å². The molecule has 0 radical (unpaired) electrons. The van der Waals surface area contributed by atoms with E-state index in [0.717, 1.165) is 6.26 Å². The predicted octanol–water partition coefficient (Wildman–Crippen LogP) is 5.77. The van der Waals surface area contributed by atoms with E-state index in [2.05, 4.69) is 16.0 Å². The van der Waals surface area contributed by atoms with Crippen molar-refractivity contribution in [1.82, 2.24) is 10.6 Å². The van der Waals surface area contributed by atoms with Crippen LogP contribution in [0.2, 0.25) is 0 Å². The summed E-state index contributed by atoms with van der Waals surface area (Å²) in [6.07, 6.45) is 2.42. The number of hydrogen-bond donors (Lipinski definition) is 3. The summed E-state index contributed by atoms with van der Waals surface area (Å²) in [4.78, 5) is 26.6. The number of halogens is 1. The molecular weight excluding hydrogens is 571 g/mol. The topological polar surface area (TPSA) is 121 Å². The maximum Gasteiger partial charge on any atom is 0.255 e. The number of benzene rings is 3. The summed E-state index contributed by atoms with van der Waals surface area (Å²) in [5.41, 5.74) is 3.35. The monoisotopic (exact) mass is 606 g/mol. The molecular formula is C32H35FN4O5S. The molecule has 9 nitrogen and oxygen atoms in total. The molecule has 0 saturated heterocycles. The molecule has 5 rings (SSSR count). The molecule has 11 heteroatoms. The molecule has 0 unspecified atom stereocenters. The standard InChI is InChI=1S/C32H35FN4O5S/c1-32(2,3)36-30(38)21-14-20-15-23(16-21)37(43(5,40)41)13-7-6-12-35-26-18-27-25(17-24(20)26)28(31(39)34-4)29(42-27)19-8-10-22(33)11-9-19/h8-11,14-18,35H,6-7,12-13H2,1-5H3,(H,34,39)(H,36,38). The lowest BCUT2D eigenvalue weighted by atomic mass is 9.96. The first kappa shape index (κ1) is 30.1. The van der Waals surface area contributed by atoms with E-state index in [4.69, 9.17) is 4.42 Å². The third-order valence-corrected chi connectivity index (χ3v) is 8.35. The number of rotatable bonds is 4. The van der Waals surface area contributed by atoms with Gasteiger partial charge in [-0.2, -0.15) is 0 Å². The van der Waals surface area contributed by atoms with Crippen molar-refractivity contribution >= 4 is 44.2 Å². The van der Waals surface area contributed by atoms with Gasteiger partial charge >= 0.3 is 0 Å². The van der Waals surface area contributed by atoms with Crippen LogP contribution in [0.5, 0.6) is 0 Å². The summed E-state index contributed by atoms with van der Waals surface area (Å²) < 4.78 is 47.1. The normalized spacial score (nSPS) is 14.0. The highest BCUT2D eigenvalue weighted by atomic mass is 32.2. The fraction of sp³-hybridized carbons (Fsp3) is 0.312. The van der Waals surface area contributed by atoms with Gasteiger partial charge in [0, 0.05) is 59.5 Å². The predicted molar refractivity (Wildman–Crippen MR) is 168 cm³/mol. The van der Waals surface area contributed by atoms with Crippen molar-refractivity contribution in [1.29, 1.82) is 0 Å². The van der Waals surface area contributed by atoms with Crippen LogP contribution in [-0.2, 0) is 10.0 Å². The number of nitrogens with zero attached hydrogens (tertiary/aromatic N) is 1. The lowest BCUT2D eigenvalue weighted by Crippen LogP contribution is -2.40. The number of sulfonamides is 1. The maximum absolute atomic E-state index is 13.7. The van der Waals surface area contributed by atoms with Crippen molar-refractivity contribution < 1.29 is 26.8 Å². The molecule has 1 aliphatic heterocycles. The van der Waals surface area contributed by atoms with E-state index in [1.807, 2.05) is 26.8 Å². The molecule has 0 saturated carbocycles. The minimum Gasteiger partial charge on any atom is -0.455 e. The van der Waals surface area contributed by atoms with Crippen LogP contribution in [0.3, 0.4) is 0 Å². The van der Waals surface area contributed by atoms with Crippen LogP contribution in [0, 0.1) is 5.82 Å². The number of fused-ring (bicyclic) bond motifs is 5. The van der Waals surface area contributed by atoms with E-state index in [1.165, 1.54) is 23.5 Å². The van der Waals surface area contributed by atoms with Gasteiger partial charge in [0.05, 0.1) is 17.5 Å². The van der Waals surface area contributed by atoms with Crippen molar-refractivity contribution in [3.8, 4) is 22.5 Å². The van der Waals surface area contributed by atoms with Crippen LogP contribution >= 0.6 is 0 Å². The average Bonchev–Trinajstić information content (AvgIpc) is 3.29. The van der Waals surface area contributed by atoms with Gasteiger partial charge in [0.1, 0.15) is 17.2 Å².